The summed E-state index contributed by atoms with van der Waals surface area (Å²) in [5.74, 6) is 1.21. The summed E-state index contributed by atoms with van der Waals surface area (Å²) in [4.78, 5) is 11.4. The van der Waals surface area contributed by atoms with Crippen LogP contribution in [0.3, 0.4) is 0 Å². The Balaban J connectivity index is 2.00. The first-order valence-corrected chi connectivity index (χ1v) is 6.78. The number of amides is 1. The van der Waals surface area contributed by atoms with Gasteiger partial charge >= 0.3 is 0 Å². The molecule has 1 heterocycles. The van der Waals surface area contributed by atoms with E-state index in [4.69, 9.17) is 5.73 Å². The number of thioether (sulfide) groups is 1. The first-order chi connectivity index (χ1) is 8.26. The summed E-state index contributed by atoms with van der Waals surface area (Å²) >= 11 is 1.42. The van der Waals surface area contributed by atoms with Gasteiger partial charge in [0.05, 0.1) is 12.3 Å². The van der Waals surface area contributed by atoms with Crippen LogP contribution in [0.5, 0.6) is 0 Å². The Labute approximate surface area is 104 Å². The smallest absolute Gasteiger partial charge is 0.230 e. The highest BCUT2D eigenvalue weighted by molar-refractivity contribution is 7.99. The van der Waals surface area contributed by atoms with Crippen molar-refractivity contribution in [1.82, 2.24) is 20.1 Å². The minimum atomic E-state index is 0.0251. The number of carbonyl (C=O) groups excluding carboxylic acids is 1. The molecule has 1 aliphatic rings. The number of carbonyl (C=O) groups is 1. The van der Waals surface area contributed by atoms with Gasteiger partial charge in [-0.05, 0) is 19.8 Å². The molecular weight excluding hydrogens is 238 g/mol. The third-order valence-electron chi connectivity index (χ3n) is 2.54. The molecule has 0 bridgehead atoms. The van der Waals surface area contributed by atoms with Crippen LogP contribution in [-0.2, 0) is 11.3 Å². The number of nitrogens with zero attached hydrogens (tertiary/aromatic N) is 3. The van der Waals surface area contributed by atoms with Gasteiger partial charge in [0.25, 0.3) is 0 Å². The van der Waals surface area contributed by atoms with E-state index >= 15 is 0 Å². The molecule has 0 spiro atoms. The predicted molar refractivity (Wildman–Crippen MR) is 65.6 cm³/mol. The first kappa shape index (κ1) is 12.4. The molecule has 1 fully saturated rings. The molecule has 0 aromatic carbocycles. The van der Waals surface area contributed by atoms with Crippen LogP contribution in [0.15, 0.2) is 5.16 Å². The molecule has 3 N–H and O–H groups in total. The normalized spacial score (nSPS) is 14.9. The van der Waals surface area contributed by atoms with Crippen molar-refractivity contribution in [1.29, 1.82) is 0 Å². The quantitative estimate of drug-likeness (QED) is 0.714. The van der Waals surface area contributed by atoms with Crippen molar-refractivity contribution in [2.45, 2.75) is 37.5 Å². The Bertz CT molecular complexity index is 401. The molecule has 0 atom stereocenters. The van der Waals surface area contributed by atoms with Gasteiger partial charge in [-0.25, -0.2) is 0 Å². The largest absolute Gasteiger partial charge is 0.356 e. The fourth-order valence-corrected chi connectivity index (χ4v) is 2.48. The number of hydrogen-bond donors (Lipinski definition) is 2. The van der Waals surface area contributed by atoms with Crippen LogP contribution in [0.1, 0.15) is 31.6 Å². The molecule has 2 rings (SSSR count). The SMILES string of the molecule is CCNC(=O)CSc1nnc(CN)n1C1CC1. The summed E-state index contributed by atoms with van der Waals surface area (Å²) in [6.45, 7) is 2.95. The van der Waals surface area contributed by atoms with E-state index in [0.29, 0.717) is 24.9 Å². The molecule has 7 heteroatoms. The number of aromatic nitrogens is 3. The van der Waals surface area contributed by atoms with Crippen LogP contribution in [0.4, 0.5) is 0 Å². The maximum atomic E-state index is 11.4. The zero-order valence-corrected chi connectivity index (χ0v) is 10.7. The van der Waals surface area contributed by atoms with Crippen molar-refractivity contribution in [3.8, 4) is 0 Å². The summed E-state index contributed by atoms with van der Waals surface area (Å²) < 4.78 is 2.07. The molecule has 1 aromatic rings. The second-order valence-corrected chi connectivity index (χ2v) is 4.89. The zero-order valence-electron chi connectivity index (χ0n) is 9.85. The third-order valence-corrected chi connectivity index (χ3v) is 3.48. The summed E-state index contributed by atoms with van der Waals surface area (Å²) in [5, 5.41) is 11.7. The fraction of sp³-hybridized carbons (Fsp3) is 0.700. The van der Waals surface area contributed by atoms with Gasteiger partial charge in [0.15, 0.2) is 5.16 Å². The number of nitrogens with one attached hydrogen (secondary N) is 1. The van der Waals surface area contributed by atoms with Gasteiger partial charge in [0, 0.05) is 12.6 Å². The van der Waals surface area contributed by atoms with Gasteiger partial charge in [-0.2, -0.15) is 0 Å². The topological polar surface area (TPSA) is 85.8 Å². The highest BCUT2D eigenvalue weighted by Crippen LogP contribution is 2.38. The lowest BCUT2D eigenvalue weighted by atomic mass is 10.5. The van der Waals surface area contributed by atoms with E-state index in [1.807, 2.05) is 6.92 Å². The third kappa shape index (κ3) is 2.98. The fourth-order valence-electron chi connectivity index (χ4n) is 1.62. The van der Waals surface area contributed by atoms with Crippen molar-refractivity contribution in [3.63, 3.8) is 0 Å². The van der Waals surface area contributed by atoms with E-state index < -0.39 is 0 Å². The van der Waals surface area contributed by atoms with E-state index in [9.17, 15) is 4.79 Å². The summed E-state index contributed by atoms with van der Waals surface area (Å²) in [6.07, 6.45) is 2.31. The Hall–Kier alpha value is -1.08. The minimum Gasteiger partial charge on any atom is -0.356 e. The second kappa shape index (κ2) is 5.50. The maximum Gasteiger partial charge on any atom is 0.230 e. The number of nitrogens with two attached hydrogens (primary N) is 1. The van der Waals surface area contributed by atoms with Gasteiger partial charge in [0.1, 0.15) is 5.82 Å². The molecule has 0 saturated heterocycles. The summed E-state index contributed by atoms with van der Waals surface area (Å²) in [7, 11) is 0. The Kier molecular flexibility index (Phi) is 4.01. The average molecular weight is 255 g/mol. The molecule has 94 valence electrons. The average Bonchev–Trinajstić information content (AvgIpc) is 3.07. The Morgan fingerprint density at radius 1 is 1.59 bits per heavy atom. The zero-order chi connectivity index (χ0) is 12.3. The van der Waals surface area contributed by atoms with E-state index in [-0.39, 0.29) is 5.91 Å². The predicted octanol–water partition coefficient (Wildman–Crippen LogP) is 0.300. The molecule has 17 heavy (non-hydrogen) atoms. The van der Waals surface area contributed by atoms with Crippen molar-refractivity contribution >= 4 is 17.7 Å². The first-order valence-electron chi connectivity index (χ1n) is 5.79. The highest BCUT2D eigenvalue weighted by Gasteiger charge is 2.29. The lowest BCUT2D eigenvalue weighted by molar-refractivity contribution is -0.118. The molecule has 1 aromatic heterocycles. The highest BCUT2D eigenvalue weighted by atomic mass is 32.2. The van der Waals surface area contributed by atoms with E-state index in [0.717, 1.165) is 23.8 Å². The van der Waals surface area contributed by atoms with Crippen molar-refractivity contribution in [2.75, 3.05) is 12.3 Å². The van der Waals surface area contributed by atoms with Gasteiger partial charge in [-0.3, -0.25) is 4.79 Å². The Morgan fingerprint density at radius 3 is 2.94 bits per heavy atom. The van der Waals surface area contributed by atoms with E-state index in [1.54, 1.807) is 0 Å². The molecule has 1 saturated carbocycles. The van der Waals surface area contributed by atoms with Crippen LogP contribution in [-0.4, -0.2) is 33.0 Å². The molecule has 0 radical (unpaired) electrons. The lowest BCUT2D eigenvalue weighted by Gasteiger charge is -2.07. The van der Waals surface area contributed by atoms with E-state index in [1.165, 1.54) is 11.8 Å². The maximum absolute atomic E-state index is 11.4. The van der Waals surface area contributed by atoms with Gasteiger partial charge in [-0.1, -0.05) is 11.8 Å². The van der Waals surface area contributed by atoms with Crippen LogP contribution in [0, 0.1) is 0 Å². The van der Waals surface area contributed by atoms with Crippen molar-refractivity contribution < 1.29 is 4.79 Å². The molecule has 6 nitrogen and oxygen atoms in total. The van der Waals surface area contributed by atoms with Crippen molar-refractivity contribution in [2.24, 2.45) is 5.73 Å². The Morgan fingerprint density at radius 2 is 2.35 bits per heavy atom. The van der Waals surface area contributed by atoms with Gasteiger partial charge in [0.2, 0.25) is 5.91 Å². The molecule has 1 amide bonds. The molecule has 0 aliphatic heterocycles. The summed E-state index contributed by atoms with van der Waals surface area (Å²) in [6, 6.07) is 0.486. The van der Waals surface area contributed by atoms with Crippen LogP contribution < -0.4 is 11.1 Å². The lowest BCUT2D eigenvalue weighted by Crippen LogP contribution is -2.24. The monoisotopic (exact) mass is 255 g/mol. The van der Waals surface area contributed by atoms with Crippen LogP contribution >= 0.6 is 11.8 Å². The number of hydrogen-bond acceptors (Lipinski definition) is 5. The van der Waals surface area contributed by atoms with Crippen LogP contribution in [0.25, 0.3) is 0 Å². The van der Waals surface area contributed by atoms with Crippen molar-refractivity contribution in [3.05, 3.63) is 5.82 Å². The van der Waals surface area contributed by atoms with E-state index in [2.05, 4.69) is 20.1 Å². The minimum absolute atomic E-state index is 0.0251. The molecule has 0 unspecified atom stereocenters. The van der Waals surface area contributed by atoms with Gasteiger partial charge < -0.3 is 15.6 Å². The van der Waals surface area contributed by atoms with Gasteiger partial charge in [-0.15, -0.1) is 10.2 Å². The second-order valence-electron chi connectivity index (χ2n) is 3.95. The molecular formula is C10H17N5OS. The number of rotatable bonds is 6. The summed E-state index contributed by atoms with van der Waals surface area (Å²) in [5.41, 5.74) is 5.62. The standard InChI is InChI=1S/C10H17N5OS/c1-2-12-9(16)6-17-10-14-13-8(5-11)15(10)7-3-4-7/h7H,2-6,11H2,1H3,(H,12,16). The molecule has 1 aliphatic carbocycles. The van der Waals surface area contributed by atoms with Crippen LogP contribution in [0.2, 0.25) is 0 Å².